The van der Waals surface area contributed by atoms with Crippen LogP contribution >= 0.6 is 0 Å². The Labute approximate surface area is 184 Å². The van der Waals surface area contributed by atoms with Crippen LogP contribution in [0.25, 0.3) is 0 Å². The predicted octanol–water partition coefficient (Wildman–Crippen LogP) is 2.72. The van der Waals surface area contributed by atoms with Crippen LogP contribution < -0.4 is 10.1 Å². The molecule has 1 aliphatic heterocycles. The Kier molecular flexibility index (Phi) is 8.86. The average Bonchev–Trinajstić information content (AvgIpc) is 2.70. The first-order valence-electron chi connectivity index (χ1n) is 10.8. The van der Waals surface area contributed by atoms with Crippen molar-refractivity contribution in [3.63, 3.8) is 0 Å². The number of Topliss-reactive ketones (excluding diaryl/α,β-unsaturated/α-hetero) is 1. The van der Waals surface area contributed by atoms with Crippen LogP contribution in [0, 0.1) is 0 Å². The summed E-state index contributed by atoms with van der Waals surface area (Å²) in [6.07, 6.45) is 0.293. The number of nitrogens with zero attached hydrogens (tertiary/aromatic N) is 2. The molecular formula is C23H35N3O5. The lowest BCUT2D eigenvalue weighted by atomic mass is 10.1. The van der Waals surface area contributed by atoms with Gasteiger partial charge >= 0.3 is 6.09 Å². The molecule has 0 saturated carbocycles. The van der Waals surface area contributed by atoms with E-state index in [1.165, 1.54) is 0 Å². The highest BCUT2D eigenvalue weighted by atomic mass is 16.6. The second-order valence-electron chi connectivity index (χ2n) is 8.82. The van der Waals surface area contributed by atoms with Gasteiger partial charge in [-0.1, -0.05) is 0 Å². The molecule has 1 atom stereocenters. The topological polar surface area (TPSA) is 88.2 Å². The number of ether oxygens (including phenoxy) is 2. The Hall–Kier alpha value is -2.61. The standard InChI is InChI=1S/C23H35N3O5/c1-17(24-22(29)31-23(3,4)5)21(28)26-14-12-25(13-15-26)11-6-16-30-20-9-7-19(8-10-20)18(2)27/h7-10,17H,6,11-16H2,1-5H3,(H,24,29)/t17-/m1/s1. The average molecular weight is 434 g/mol. The predicted molar refractivity (Wildman–Crippen MR) is 118 cm³/mol. The molecule has 1 aromatic rings. The highest BCUT2D eigenvalue weighted by molar-refractivity contribution is 5.94. The van der Waals surface area contributed by atoms with Crippen LogP contribution in [0.1, 0.15) is 51.4 Å². The van der Waals surface area contributed by atoms with Crippen molar-refractivity contribution in [2.75, 3.05) is 39.3 Å². The summed E-state index contributed by atoms with van der Waals surface area (Å²) in [5, 5.41) is 2.61. The zero-order valence-corrected chi connectivity index (χ0v) is 19.3. The monoisotopic (exact) mass is 433 g/mol. The smallest absolute Gasteiger partial charge is 0.408 e. The van der Waals surface area contributed by atoms with Gasteiger partial charge in [-0.2, -0.15) is 0 Å². The summed E-state index contributed by atoms with van der Waals surface area (Å²) in [7, 11) is 0. The molecule has 1 aromatic carbocycles. The van der Waals surface area contributed by atoms with E-state index in [1.54, 1.807) is 51.7 Å². The minimum atomic E-state index is -0.621. The summed E-state index contributed by atoms with van der Waals surface area (Å²) in [6.45, 7) is 12.9. The van der Waals surface area contributed by atoms with E-state index in [2.05, 4.69) is 10.2 Å². The Morgan fingerprint density at radius 2 is 1.68 bits per heavy atom. The number of carbonyl (C=O) groups is 3. The Morgan fingerprint density at radius 1 is 1.06 bits per heavy atom. The summed E-state index contributed by atoms with van der Waals surface area (Å²) < 4.78 is 10.9. The fourth-order valence-corrected chi connectivity index (χ4v) is 3.28. The van der Waals surface area contributed by atoms with Gasteiger partial charge in [0.25, 0.3) is 0 Å². The van der Waals surface area contributed by atoms with Crippen LogP contribution in [0.2, 0.25) is 0 Å². The summed E-state index contributed by atoms with van der Waals surface area (Å²) in [6, 6.07) is 6.55. The summed E-state index contributed by atoms with van der Waals surface area (Å²) >= 11 is 0. The minimum absolute atomic E-state index is 0.0409. The third-order valence-electron chi connectivity index (χ3n) is 4.94. The molecule has 31 heavy (non-hydrogen) atoms. The number of carbonyl (C=O) groups excluding carboxylic acids is 3. The van der Waals surface area contributed by atoms with Crippen LogP contribution in [0.15, 0.2) is 24.3 Å². The van der Waals surface area contributed by atoms with Gasteiger partial charge in [0.1, 0.15) is 17.4 Å². The highest BCUT2D eigenvalue weighted by Crippen LogP contribution is 2.13. The molecule has 8 heteroatoms. The molecule has 8 nitrogen and oxygen atoms in total. The van der Waals surface area contributed by atoms with E-state index in [0.717, 1.165) is 31.8 Å². The quantitative estimate of drug-likeness (QED) is 0.501. The molecule has 1 heterocycles. The molecule has 1 saturated heterocycles. The molecule has 0 radical (unpaired) electrons. The van der Waals surface area contributed by atoms with E-state index < -0.39 is 17.7 Å². The first kappa shape index (κ1) is 24.7. The van der Waals surface area contributed by atoms with Gasteiger partial charge in [0.05, 0.1) is 6.61 Å². The lowest BCUT2D eigenvalue weighted by Gasteiger charge is -2.36. The fraction of sp³-hybridized carbons (Fsp3) is 0.609. The van der Waals surface area contributed by atoms with Crippen LogP contribution in [0.3, 0.4) is 0 Å². The van der Waals surface area contributed by atoms with Crippen LogP contribution in [0.4, 0.5) is 4.79 Å². The number of nitrogens with one attached hydrogen (secondary N) is 1. The maximum Gasteiger partial charge on any atom is 0.408 e. The van der Waals surface area contributed by atoms with Crippen molar-refractivity contribution in [2.45, 2.75) is 52.7 Å². The molecule has 0 bridgehead atoms. The van der Waals surface area contributed by atoms with Gasteiger partial charge in [-0.05, 0) is 65.3 Å². The number of rotatable bonds is 8. The molecule has 2 rings (SSSR count). The second-order valence-corrected chi connectivity index (χ2v) is 8.82. The van der Waals surface area contributed by atoms with Gasteiger partial charge < -0.3 is 19.7 Å². The van der Waals surface area contributed by atoms with Crippen molar-refractivity contribution < 1.29 is 23.9 Å². The van der Waals surface area contributed by atoms with Gasteiger partial charge in [-0.3, -0.25) is 14.5 Å². The molecule has 172 valence electrons. The Bertz CT molecular complexity index is 749. The number of benzene rings is 1. The molecule has 0 aliphatic carbocycles. The number of hydrogen-bond donors (Lipinski definition) is 1. The molecule has 1 N–H and O–H groups in total. The third kappa shape index (κ3) is 8.57. The lowest BCUT2D eigenvalue weighted by Crippen LogP contribution is -2.54. The van der Waals surface area contributed by atoms with E-state index >= 15 is 0 Å². The van der Waals surface area contributed by atoms with Crippen molar-refractivity contribution in [3.8, 4) is 5.75 Å². The van der Waals surface area contributed by atoms with Crippen molar-refractivity contribution in [3.05, 3.63) is 29.8 Å². The molecule has 2 amide bonds. The van der Waals surface area contributed by atoms with E-state index in [-0.39, 0.29) is 11.7 Å². The Morgan fingerprint density at radius 3 is 2.23 bits per heavy atom. The summed E-state index contributed by atoms with van der Waals surface area (Å²) in [4.78, 5) is 39.8. The number of hydrogen-bond acceptors (Lipinski definition) is 6. The zero-order valence-electron chi connectivity index (χ0n) is 19.3. The maximum absolute atomic E-state index is 12.6. The second kappa shape index (κ2) is 11.1. The van der Waals surface area contributed by atoms with E-state index in [4.69, 9.17) is 9.47 Å². The lowest BCUT2D eigenvalue weighted by molar-refractivity contribution is -0.134. The molecule has 1 fully saturated rings. The summed E-state index contributed by atoms with van der Waals surface area (Å²) in [5.41, 5.74) is 0.0793. The molecular weight excluding hydrogens is 398 g/mol. The van der Waals surface area contributed by atoms with Crippen LogP contribution in [0.5, 0.6) is 5.75 Å². The summed E-state index contributed by atoms with van der Waals surface area (Å²) in [5.74, 6) is 0.703. The number of alkyl carbamates (subject to hydrolysis) is 1. The number of piperazine rings is 1. The third-order valence-corrected chi connectivity index (χ3v) is 4.94. The molecule has 1 aliphatic rings. The van der Waals surface area contributed by atoms with Crippen LogP contribution in [-0.4, -0.2) is 78.6 Å². The molecule has 0 spiro atoms. The number of ketones is 1. The van der Waals surface area contributed by atoms with Gasteiger partial charge in [0, 0.05) is 38.3 Å². The van der Waals surface area contributed by atoms with Crippen molar-refractivity contribution in [1.29, 1.82) is 0 Å². The largest absolute Gasteiger partial charge is 0.494 e. The first-order valence-corrected chi connectivity index (χ1v) is 10.8. The van der Waals surface area contributed by atoms with Crippen molar-refractivity contribution in [1.82, 2.24) is 15.1 Å². The van der Waals surface area contributed by atoms with Gasteiger partial charge in [-0.15, -0.1) is 0 Å². The fourth-order valence-electron chi connectivity index (χ4n) is 3.28. The van der Waals surface area contributed by atoms with Crippen molar-refractivity contribution in [2.24, 2.45) is 0 Å². The minimum Gasteiger partial charge on any atom is -0.494 e. The van der Waals surface area contributed by atoms with E-state index in [1.807, 2.05) is 12.1 Å². The van der Waals surface area contributed by atoms with Gasteiger partial charge in [-0.25, -0.2) is 4.79 Å². The highest BCUT2D eigenvalue weighted by Gasteiger charge is 2.27. The normalized spacial score (nSPS) is 15.8. The van der Waals surface area contributed by atoms with Crippen LogP contribution in [-0.2, 0) is 9.53 Å². The van der Waals surface area contributed by atoms with E-state index in [0.29, 0.717) is 25.3 Å². The number of amides is 2. The molecule has 0 unspecified atom stereocenters. The van der Waals surface area contributed by atoms with Gasteiger partial charge in [0.2, 0.25) is 5.91 Å². The van der Waals surface area contributed by atoms with Crippen molar-refractivity contribution >= 4 is 17.8 Å². The Balaban J connectivity index is 1.64. The zero-order chi connectivity index (χ0) is 23.0. The van der Waals surface area contributed by atoms with E-state index in [9.17, 15) is 14.4 Å². The van der Waals surface area contributed by atoms with Gasteiger partial charge in [0.15, 0.2) is 5.78 Å². The molecule has 0 aromatic heterocycles. The maximum atomic E-state index is 12.6. The SMILES string of the molecule is CC(=O)c1ccc(OCCCN2CCN(C(=O)[C@@H](C)NC(=O)OC(C)(C)C)CC2)cc1. The first-order chi connectivity index (χ1) is 14.5.